The fourth-order valence-electron chi connectivity index (χ4n) is 4.46. The highest BCUT2D eigenvalue weighted by Crippen LogP contribution is 2.39. The Bertz CT molecular complexity index is 1180. The molecule has 2 heterocycles. The number of nitrogens with zero attached hydrogens (tertiary/aromatic N) is 3. The van der Waals surface area contributed by atoms with Crippen LogP contribution in [0.2, 0.25) is 0 Å². The van der Waals surface area contributed by atoms with Crippen LogP contribution < -0.4 is 10.2 Å². The molecule has 1 unspecified atom stereocenters. The molecule has 0 spiro atoms. The van der Waals surface area contributed by atoms with Crippen molar-refractivity contribution >= 4 is 5.91 Å². The zero-order valence-electron chi connectivity index (χ0n) is 18.5. The van der Waals surface area contributed by atoms with Crippen molar-refractivity contribution in [2.75, 3.05) is 19.7 Å². The second-order valence-corrected chi connectivity index (χ2v) is 7.97. The van der Waals surface area contributed by atoms with E-state index in [9.17, 15) is 18.4 Å². The van der Waals surface area contributed by atoms with Crippen LogP contribution in [0.25, 0.3) is 0 Å². The van der Waals surface area contributed by atoms with Crippen LogP contribution in [-0.4, -0.2) is 40.3 Å². The van der Waals surface area contributed by atoms with E-state index in [4.69, 9.17) is 4.74 Å². The van der Waals surface area contributed by atoms with Crippen LogP contribution in [0.4, 0.5) is 8.78 Å². The van der Waals surface area contributed by atoms with Gasteiger partial charge in [0.25, 0.3) is 5.91 Å². The number of halogens is 2. The molecule has 0 fully saturated rings. The number of rotatable bonds is 7. The summed E-state index contributed by atoms with van der Waals surface area (Å²) in [5, 5.41) is 4.29. The van der Waals surface area contributed by atoms with E-state index in [1.54, 1.807) is 36.1 Å². The van der Waals surface area contributed by atoms with Gasteiger partial charge in [-0.15, -0.1) is 0 Å². The van der Waals surface area contributed by atoms with Gasteiger partial charge < -0.3 is 9.64 Å². The lowest BCUT2D eigenvalue weighted by Gasteiger charge is -2.39. The second-order valence-electron chi connectivity index (χ2n) is 7.97. The first kappa shape index (κ1) is 22.6. The minimum Gasteiger partial charge on any atom is -0.488 e. The Balaban J connectivity index is 1.97. The molecule has 0 radical (unpaired) electrons. The number of fused-ring (bicyclic) bond motifs is 1. The highest BCUT2D eigenvalue weighted by Gasteiger charge is 2.40. The van der Waals surface area contributed by atoms with Crippen molar-refractivity contribution in [2.24, 2.45) is 0 Å². The Morgan fingerprint density at radius 2 is 1.70 bits per heavy atom. The average Bonchev–Trinajstić information content (AvgIpc) is 2.79. The van der Waals surface area contributed by atoms with E-state index >= 15 is 0 Å². The molecule has 2 aromatic carbocycles. The molecule has 1 aliphatic rings. The summed E-state index contributed by atoms with van der Waals surface area (Å²) in [6, 6.07) is 11.7. The van der Waals surface area contributed by atoms with Gasteiger partial charge in [0, 0.05) is 19.0 Å². The van der Waals surface area contributed by atoms with Gasteiger partial charge in [0.1, 0.15) is 11.6 Å². The lowest BCUT2D eigenvalue weighted by Crippen LogP contribution is -2.47. The van der Waals surface area contributed by atoms with Gasteiger partial charge in [0.2, 0.25) is 5.43 Å². The predicted molar refractivity (Wildman–Crippen MR) is 120 cm³/mol. The SMILES string of the molecule is CCCN1CC(C(c2cccc(F)c2)c2cccc(F)c2)n2ncc(=O)c(OCC)c2C1=O. The van der Waals surface area contributed by atoms with Crippen molar-refractivity contribution in [1.82, 2.24) is 14.7 Å². The molecule has 1 aliphatic heterocycles. The van der Waals surface area contributed by atoms with E-state index in [2.05, 4.69) is 5.10 Å². The van der Waals surface area contributed by atoms with Crippen LogP contribution in [0.5, 0.6) is 5.75 Å². The van der Waals surface area contributed by atoms with Gasteiger partial charge in [-0.2, -0.15) is 5.10 Å². The van der Waals surface area contributed by atoms with E-state index < -0.39 is 29.0 Å². The molecular formula is C25H25F2N3O3. The second kappa shape index (κ2) is 9.52. The van der Waals surface area contributed by atoms with Crippen molar-refractivity contribution in [2.45, 2.75) is 32.2 Å². The first-order chi connectivity index (χ1) is 15.9. The summed E-state index contributed by atoms with van der Waals surface area (Å²) in [4.78, 5) is 27.5. The molecule has 33 heavy (non-hydrogen) atoms. The first-order valence-corrected chi connectivity index (χ1v) is 11.0. The number of amides is 1. The number of benzene rings is 2. The van der Waals surface area contributed by atoms with E-state index in [1.807, 2.05) is 6.92 Å². The minimum absolute atomic E-state index is 0.0551. The molecule has 1 atom stereocenters. The van der Waals surface area contributed by atoms with E-state index in [0.717, 1.165) is 6.20 Å². The zero-order chi connectivity index (χ0) is 23.5. The molecule has 0 aliphatic carbocycles. The van der Waals surface area contributed by atoms with Gasteiger partial charge in [-0.25, -0.2) is 8.78 Å². The van der Waals surface area contributed by atoms with Gasteiger partial charge in [-0.1, -0.05) is 31.2 Å². The number of ether oxygens (including phenoxy) is 1. The quantitative estimate of drug-likeness (QED) is 0.539. The highest BCUT2D eigenvalue weighted by molar-refractivity contribution is 5.96. The standard InChI is InChI=1S/C25H25F2N3O3/c1-3-11-29-15-20(30-23(25(29)32)24(33-4-2)21(31)14-28-30)22(16-7-5-9-18(26)12-16)17-8-6-10-19(27)13-17/h5-10,12-14,20,22H,3-4,11,15H2,1-2H3. The Hall–Kier alpha value is -3.55. The van der Waals surface area contributed by atoms with Gasteiger partial charge in [0.15, 0.2) is 11.4 Å². The zero-order valence-corrected chi connectivity index (χ0v) is 18.5. The molecule has 1 aromatic heterocycles. The maximum Gasteiger partial charge on any atom is 0.276 e. The predicted octanol–water partition coefficient (Wildman–Crippen LogP) is 4.16. The molecule has 0 N–H and O–H groups in total. The molecule has 3 aromatic rings. The Morgan fingerprint density at radius 3 is 2.24 bits per heavy atom. The largest absolute Gasteiger partial charge is 0.488 e. The Labute approximate surface area is 190 Å². The number of carbonyl (C=O) groups excluding carboxylic acids is 1. The third-order valence-corrected chi connectivity index (χ3v) is 5.76. The lowest BCUT2D eigenvalue weighted by atomic mass is 9.83. The minimum atomic E-state index is -0.535. The topological polar surface area (TPSA) is 64.4 Å². The molecule has 172 valence electrons. The normalized spacial score (nSPS) is 15.6. The summed E-state index contributed by atoms with van der Waals surface area (Å²) in [5.74, 6) is -1.78. The monoisotopic (exact) mass is 453 g/mol. The maximum absolute atomic E-state index is 14.2. The van der Waals surface area contributed by atoms with Gasteiger partial charge in [0.05, 0.1) is 18.8 Å². The molecule has 6 nitrogen and oxygen atoms in total. The lowest BCUT2D eigenvalue weighted by molar-refractivity contribution is 0.0632. The van der Waals surface area contributed by atoms with Crippen LogP contribution in [0, 0.1) is 11.6 Å². The molecule has 0 saturated carbocycles. The third kappa shape index (κ3) is 4.37. The Morgan fingerprint density at radius 1 is 1.06 bits per heavy atom. The van der Waals surface area contributed by atoms with Crippen LogP contribution in [0.15, 0.2) is 59.5 Å². The van der Waals surface area contributed by atoms with E-state index in [-0.39, 0.29) is 30.5 Å². The van der Waals surface area contributed by atoms with Crippen molar-refractivity contribution in [3.05, 3.63) is 93.4 Å². The van der Waals surface area contributed by atoms with Crippen LogP contribution >= 0.6 is 0 Å². The number of hydrogen-bond acceptors (Lipinski definition) is 4. The number of hydrogen-bond donors (Lipinski definition) is 0. The van der Waals surface area contributed by atoms with Gasteiger partial charge in [-0.3, -0.25) is 14.3 Å². The van der Waals surface area contributed by atoms with Gasteiger partial charge >= 0.3 is 0 Å². The summed E-state index contributed by atoms with van der Waals surface area (Å²) in [5.41, 5.74) is 0.801. The molecular weight excluding hydrogens is 428 g/mol. The van der Waals surface area contributed by atoms with Gasteiger partial charge in [-0.05, 0) is 48.7 Å². The fraction of sp³-hybridized carbons (Fsp3) is 0.320. The van der Waals surface area contributed by atoms with Crippen molar-refractivity contribution in [3.8, 4) is 5.75 Å². The highest BCUT2D eigenvalue weighted by atomic mass is 19.1. The van der Waals surface area contributed by atoms with E-state index in [1.165, 1.54) is 28.9 Å². The third-order valence-electron chi connectivity index (χ3n) is 5.76. The number of aromatic nitrogens is 2. The summed E-state index contributed by atoms with van der Waals surface area (Å²) in [7, 11) is 0. The van der Waals surface area contributed by atoms with E-state index in [0.29, 0.717) is 24.1 Å². The van der Waals surface area contributed by atoms with Crippen molar-refractivity contribution in [3.63, 3.8) is 0 Å². The van der Waals surface area contributed by atoms with Crippen LogP contribution in [0.1, 0.15) is 53.8 Å². The first-order valence-electron chi connectivity index (χ1n) is 11.0. The molecule has 1 amide bonds. The maximum atomic E-state index is 14.2. The fourth-order valence-corrected chi connectivity index (χ4v) is 4.46. The van der Waals surface area contributed by atoms with Crippen LogP contribution in [-0.2, 0) is 0 Å². The summed E-state index contributed by atoms with van der Waals surface area (Å²) in [6.07, 6.45) is 1.83. The molecule has 8 heteroatoms. The molecule has 0 saturated heterocycles. The average molecular weight is 453 g/mol. The molecule has 4 rings (SSSR count). The smallest absolute Gasteiger partial charge is 0.276 e. The summed E-state index contributed by atoms with van der Waals surface area (Å²) in [6.45, 7) is 4.61. The van der Waals surface area contributed by atoms with Crippen molar-refractivity contribution < 1.29 is 18.3 Å². The van der Waals surface area contributed by atoms with Crippen LogP contribution in [0.3, 0.4) is 0 Å². The van der Waals surface area contributed by atoms with Crippen molar-refractivity contribution in [1.29, 1.82) is 0 Å². The number of carbonyl (C=O) groups is 1. The molecule has 0 bridgehead atoms. The summed E-state index contributed by atoms with van der Waals surface area (Å²) >= 11 is 0. The Kier molecular flexibility index (Phi) is 6.53. The summed E-state index contributed by atoms with van der Waals surface area (Å²) < 4.78 is 35.5.